The van der Waals surface area contributed by atoms with Gasteiger partial charge in [0.2, 0.25) is 0 Å². The molecule has 0 bridgehead atoms. The summed E-state index contributed by atoms with van der Waals surface area (Å²) in [5, 5.41) is 9.21. The number of ether oxygens (including phenoxy) is 1. The summed E-state index contributed by atoms with van der Waals surface area (Å²) in [7, 11) is 0. The van der Waals surface area contributed by atoms with Crippen LogP contribution in [-0.4, -0.2) is 40.2 Å². The molecule has 2 aliphatic rings. The lowest BCUT2D eigenvalue weighted by Gasteiger charge is -2.26. The van der Waals surface area contributed by atoms with Gasteiger partial charge in [0.05, 0.1) is 41.1 Å². The van der Waals surface area contributed by atoms with Crippen molar-refractivity contribution in [1.82, 2.24) is 9.97 Å². The number of hydrogen-bond donors (Lipinski definition) is 1. The summed E-state index contributed by atoms with van der Waals surface area (Å²) >= 11 is 0. The van der Waals surface area contributed by atoms with E-state index in [0.717, 1.165) is 30.9 Å². The normalized spacial score (nSPS) is 23.0. The van der Waals surface area contributed by atoms with E-state index in [1.165, 1.54) is 0 Å². The molecule has 6 nitrogen and oxygen atoms in total. The molecule has 3 heterocycles. The first-order valence-corrected chi connectivity index (χ1v) is 8.23. The van der Waals surface area contributed by atoms with Crippen molar-refractivity contribution in [3.8, 4) is 0 Å². The molecule has 0 spiro atoms. The Bertz CT molecular complexity index is 834. The van der Waals surface area contributed by atoms with Gasteiger partial charge in [0.1, 0.15) is 0 Å². The third-order valence-electron chi connectivity index (χ3n) is 4.78. The SMILES string of the molecule is C[C@H]1CCCN1c1nc2cc(C(=O)O)ccc2nc1C1C=COC1. The van der Waals surface area contributed by atoms with E-state index in [0.29, 0.717) is 23.7 Å². The standard InChI is InChI=1S/C18H19N3O3/c1-11-3-2-7-21(11)17-16(13-6-8-24-10-13)19-14-5-4-12(18(22)23)9-15(14)20-17/h4-6,8-9,11,13H,2-3,7,10H2,1H3,(H,22,23)/t11-,13?/m0/s1. The monoisotopic (exact) mass is 325 g/mol. The van der Waals surface area contributed by atoms with Crippen molar-refractivity contribution in [2.45, 2.75) is 31.7 Å². The van der Waals surface area contributed by atoms with Crippen LogP contribution in [0.4, 0.5) is 5.82 Å². The molecule has 0 radical (unpaired) electrons. The van der Waals surface area contributed by atoms with E-state index in [1.807, 2.05) is 6.08 Å². The van der Waals surface area contributed by atoms with Crippen LogP contribution in [-0.2, 0) is 4.74 Å². The Morgan fingerprint density at radius 1 is 1.33 bits per heavy atom. The Morgan fingerprint density at radius 2 is 2.21 bits per heavy atom. The van der Waals surface area contributed by atoms with Gasteiger partial charge in [-0.25, -0.2) is 14.8 Å². The summed E-state index contributed by atoms with van der Waals surface area (Å²) in [6, 6.07) is 5.30. The molecule has 4 rings (SSSR count). The third kappa shape index (κ3) is 2.48. The molecule has 0 aliphatic carbocycles. The number of rotatable bonds is 3. The molecule has 1 aromatic heterocycles. The van der Waals surface area contributed by atoms with Crippen molar-refractivity contribution in [2.75, 3.05) is 18.1 Å². The van der Waals surface area contributed by atoms with Crippen LogP contribution in [0.5, 0.6) is 0 Å². The van der Waals surface area contributed by atoms with Crippen LogP contribution in [0.1, 0.15) is 41.7 Å². The second kappa shape index (κ2) is 5.78. The smallest absolute Gasteiger partial charge is 0.335 e. The summed E-state index contributed by atoms with van der Waals surface area (Å²) in [5.41, 5.74) is 2.48. The fourth-order valence-electron chi connectivity index (χ4n) is 3.43. The third-order valence-corrected chi connectivity index (χ3v) is 4.78. The van der Waals surface area contributed by atoms with Crippen molar-refractivity contribution < 1.29 is 14.6 Å². The molecule has 2 atom stereocenters. The number of benzene rings is 1. The van der Waals surface area contributed by atoms with Crippen LogP contribution < -0.4 is 4.90 Å². The average molecular weight is 325 g/mol. The van der Waals surface area contributed by atoms with E-state index in [2.05, 4.69) is 11.8 Å². The minimum atomic E-state index is -0.953. The summed E-state index contributed by atoms with van der Waals surface area (Å²) < 4.78 is 5.37. The molecule has 2 aliphatic heterocycles. The number of aromatic nitrogens is 2. The number of nitrogens with zero attached hydrogens (tertiary/aromatic N) is 3. The lowest BCUT2D eigenvalue weighted by atomic mass is 10.1. The molecule has 2 aromatic rings. The topological polar surface area (TPSA) is 75.6 Å². The minimum Gasteiger partial charge on any atom is -0.500 e. The van der Waals surface area contributed by atoms with Crippen LogP contribution in [0.15, 0.2) is 30.5 Å². The maximum Gasteiger partial charge on any atom is 0.335 e. The fourth-order valence-corrected chi connectivity index (χ4v) is 3.43. The van der Waals surface area contributed by atoms with Gasteiger partial charge < -0.3 is 14.7 Å². The molecule has 0 saturated carbocycles. The van der Waals surface area contributed by atoms with Gasteiger partial charge in [-0.1, -0.05) is 0 Å². The van der Waals surface area contributed by atoms with Gasteiger partial charge in [-0.05, 0) is 44.0 Å². The summed E-state index contributed by atoms with van der Waals surface area (Å²) in [6.45, 7) is 3.71. The van der Waals surface area contributed by atoms with Crippen LogP contribution >= 0.6 is 0 Å². The quantitative estimate of drug-likeness (QED) is 0.935. The summed E-state index contributed by atoms with van der Waals surface area (Å²) in [4.78, 5) is 23.1. The Morgan fingerprint density at radius 3 is 2.88 bits per heavy atom. The van der Waals surface area contributed by atoms with Gasteiger partial charge in [-0.2, -0.15) is 0 Å². The van der Waals surface area contributed by atoms with Crippen molar-refractivity contribution in [2.24, 2.45) is 0 Å². The Labute approximate surface area is 139 Å². The number of hydrogen-bond acceptors (Lipinski definition) is 5. The molecule has 0 amide bonds. The molecule has 1 unspecified atom stereocenters. The van der Waals surface area contributed by atoms with Crippen LogP contribution in [0, 0.1) is 0 Å². The zero-order valence-corrected chi connectivity index (χ0v) is 13.5. The predicted molar refractivity (Wildman–Crippen MR) is 90.4 cm³/mol. The minimum absolute atomic E-state index is 0.0869. The van der Waals surface area contributed by atoms with Crippen molar-refractivity contribution >= 4 is 22.8 Å². The van der Waals surface area contributed by atoms with Crippen molar-refractivity contribution in [3.63, 3.8) is 0 Å². The van der Waals surface area contributed by atoms with Crippen LogP contribution in [0.3, 0.4) is 0 Å². The van der Waals surface area contributed by atoms with E-state index in [4.69, 9.17) is 14.7 Å². The van der Waals surface area contributed by atoms with Gasteiger partial charge >= 0.3 is 5.97 Å². The molecular formula is C18H19N3O3. The van der Waals surface area contributed by atoms with Gasteiger partial charge in [-0.15, -0.1) is 0 Å². The number of aromatic carboxylic acids is 1. The van der Waals surface area contributed by atoms with Crippen LogP contribution in [0.25, 0.3) is 11.0 Å². The van der Waals surface area contributed by atoms with Gasteiger partial charge in [-0.3, -0.25) is 0 Å². The molecule has 6 heteroatoms. The van der Waals surface area contributed by atoms with Gasteiger partial charge in [0, 0.05) is 12.6 Å². The fraction of sp³-hybridized carbons (Fsp3) is 0.389. The number of anilines is 1. The average Bonchev–Trinajstić information content (AvgIpc) is 3.24. The highest BCUT2D eigenvalue weighted by atomic mass is 16.5. The van der Waals surface area contributed by atoms with E-state index >= 15 is 0 Å². The van der Waals surface area contributed by atoms with Gasteiger partial charge in [0.15, 0.2) is 5.82 Å². The highest BCUT2D eigenvalue weighted by Crippen LogP contribution is 2.34. The first-order chi connectivity index (χ1) is 11.6. The molecule has 1 aromatic carbocycles. The first-order valence-electron chi connectivity index (χ1n) is 8.23. The van der Waals surface area contributed by atoms with E-state index in [-0.39, 0.29) is 11.5 Å². The molecule has 1 saturated heterocycles. The second-order valence-electron chi connectivity index (χ2n) is 6.39. The van der Waals surface area contributed by atoms with E-state index in [9.17, 15) is 9.90 Å². The molecule has 124 valence electrons. The van der Waals surface area contributed by atoms with Crippen molar-refractivity contribution in [3.05, 3.63) is 41.8 Å². The summed E-state index contributed by atoms with van der Waals surface area (Å²) in [5.74, 6) is -0.00923. The largest absolute Gasteiger partial charge is 0.500 e. The van der Waals surface area contributed by atoms with Crippen LogP contribution in [0.2, 0.25) is 0 Å². The van der Waals surface area contributed by atoms with Crippen molar-refractivity contribution in [1.29, 1.82) is 0 Å². The number of fused-ring (bicyclic) bond motifs is 1. The van der Waals surface area contributed by atoms with E-state index in [1.54, 1.807) is 24.5 Å². The Balaban J connectivity index is 1.89. The maximum absolute atomic E-state index is 11.2. The Hall–Kier alpha value is -2.63. The number of carboxylic acids is 1. The highest BCUT2D eigenvalue weighted by Gasteiger charge is 2.29. The zero-order valence-electron chi connectivity index (χ0n) is 13.5. The molecule has 24 heavy (non-hydrogen) atoms. The van der Waals surface area contributed by atoms with Gasteiger partial charge in [0.25, 0.3) is 0 Å². The summed E-state index contributed by atoms with van der Waals surface area (Å²) in [6.07, 6.45) is 5.98. The Kier molecular flexibility index (Phi) is 3.59. The zero-order chi connectivity index (χ0) is 16.7. The first kappa shape index (κ1) is 14.9. The second-order valence-corrected chi connectivity index (χ2v) is 6.39. The maximum atomic E-state index is 11.2. The number of carboxylic acid groups (broad SMARTS) is 1. The van der Waals surface area contributed by atoms with E-state index < -0.39 is 5.97 Å². The highest BCUT2D eigenvalue weighted by molar-refractivity contribution is 5.92. The lowest BCUT2D eigenvalue weighted by Crippen LogP contribution is -2.29. The molecule has 1 fully saturated rings. The number of carbonyl (C=O) groups is 1. The predicted octanol–water partition coefficient (Wildman–Crippen LogP) is 2.94. The lowest BCUT2D eigenvalue weighted by molar-refractivity contribution is 0.0697. The molecule has 1 N–H and O–H groups in total. The molecular weight excluding hydrogens is 306 g/mol.